The van der Waals surface area contributed by atoms with Crippen LogP contribution < -0.4 is 11.1 Å². The summed E-state index contributed by atoms with van der Waals surface area (Å²) in [6, 6.07) is 1.72. The van der Waals surface area contributed by atoms with Gasteiger partial charge in [0.1, 0.15) is 5.82 Å². The summed E-state index contributed by atoms with van der Waals surface area (Å²) in [6.07, 6.45) is 2.32. The van der Waals surface area contributed by atoms with Gasteiger partial charge in [-0.1, -0.05) is 13.8 Å². The van der Waals surface area contributed by atoms with Crippen LogP contribution in [0.15, 0.2) is 12.3 Å². The predicted octanol–water partition coefficient (Wildman–Crippen LogP) is 1.27. The molecule has 90 valence electrons. The second-order valence-electron chi connectivity index (χ2n) is 4.75. The normalized spacial score (nSPS) is 14.8. The number of nitrogens with two attached hydrogens (primary N) is 1. The Morgan fingerprint density at radius 3 is 2.81 bits per heavy atom. The largest absolute Gasteiger partial charge is 0.388 e. The molecule has 1 unspecified atom stereocenters. The number of nitrogens with zero attached hydrogens (tertiary/aromatic N) is 2. The van der Waals surface area contributed by atoms with Crippen molar-refractivity contribution in [3.8, 4) is 0 Å². The van der Waals surface area contributed by atoms with Crippen LogP contribution in [0, 0.1) is 5.92 Å². The van der Waals surface area contributed by atoms with Gasteiger partial charge in [0.2, 0.25) is 5.95 Å². The molecule has 0 bridgehead atoms. The molecule has 0 aliphatic carbocycles. The highest BCUT2D eigenvalue weighted by molar-refractivity contribution is 5.37. The fraction of sp³-hybridized carbons (Fsp3) is 0.636. The zero-order valence-electron chi connectivity index (χ0n) is 10.1. The van der Waals surface area contributed by atoms with Gasteiger partial charge >= 0.3 is 0 Å². The standard InChI is InChI=1S/C11H20N4O/c1-8(2)6-11(3,16)7-14-9-4-5-13-10(12)15-9/h4-5,8,16H,6-7H2,1-3H3,(H3,12,13,14,15). The lowest BCUT2D eigenvalue weighted by Gasteiger charge is -2.25. The van der Waals surface area contributed by atoms with Crippen LogP contribution in [0.5, 0.6) is 0 Å². The lowest BCUT2D eigenvalue weighted by molar-refractivity contribution is 0.0515. The molecule has 0 aliphatic heterocycles. The van der Waals surface area contributed by atoms with E-state index in [4.69, 9.17) is 5.73 Å². The quantitative estimate of drug-likeness (QED) is 0.701. The summed E-state index contributed by atoms with van der Waals surface area (Å²) in [7, 11) is 0. The third-order valence-electron chi connectivity index (χ3n) is 2.17. The van der Waals surface area contributed by atoms with Crippen LogP contribution in [0.2, 0.25) is 0 Å². The summed E-state index contributed by atoms with van der Waals surface area (Å²) in [5, 5.41) is 13.1. The number of hydrogen-bond donors (Lipinski definition) is 3. The molecule has 0 saturated heterocycles. The van der Waals surface area contributed by atoms with Gasteiger partial charge in [0.15, 0.2) is 0 Å². The number of nitrogens with one attached hydrogen (secondary N) is 1. The highest BCUT2D eigenvalue weighted by atomic mass is 16.3. The van der Waals surface area contributed by atoms with Crippen LogP contribution in [0.3, 0.4) is 0 Å². The van der Waals surface area contributed by atoms with E-state index in [0.717, 1.165) is 6.42 Å². The SMILES string of the molecule is CC(C)CC(C)(O)CNc1ccnc(N)n1. The van der Waals surface area contributed by atoms with Crippen molar-refractivity contribution in [1.29, 1.82) is 0 Å². The van der Waals surface area contributed by atoms with E-state index in [0.29, 0.717) is 18.3 Å². The molecular weight excluding hydrogens is 204 g/mol. The van der Waals surface area contributed by atoms with Gasteiger partial charge in [0.05, 0.1) is 5.60 Å². The molecule has 0 spiro atoms. The second-order valence-corrected chi connectivity index (χ2v) is 4.75. The Bertz CT molecular complexity index is 339. The van der Waals surface area contributed by atoms with E-state index in [1.807, 2.05) is 6.92 Å². The zero-order valence-corrected chi connectivity index (χ0v) is 10.1. The molecule has 1 heterocycles. The van der Waals surface area contributed by atoms with Crippen LogP contribution in [-0.4, -0.2) is 27.2 Å². The van der Waals surface area contributed by atoms with Crippen LogP contribution in [0.1, 0.15) is 27.2 Å². The van der Waals surface area contributed by atoms with Crippen molar-refractivity contribution in [2.45, 2.75) is 32.8 Å². The Balaban J connectivity index is 2.50. The molecular formula is C11H20N4O. The maximum atomic E-state index is 10.1. The van der Waals surface area contributed by atoms with E-state index >= 15 is 0 Å². The van der Waals surface area contributed by atoms with E-state index in [-0.39, 0.29) is 5.95 Å². The molecule has 5 nitrogen and oxygen atoms in total. The molecule has 5 heteroatoms. The van der Waals surface area contributed by atoms with Crippen molar-refractivity contribution in [1.82, 2.24) is 9.97 Å². The Kier molecular flexibility index (Phi) is 4.06. The fourth-order valence-corrected chi connectivity index (χ4v) is 1.70. The summed E-state index contributed by atoms with van der Waals surface area (Å²) in [5.74, 6) is 1.32. The molecule has 0 saturated carbocycles. The lowest BCUT2D eigenvalue weighted by Crippen LogP contribution is -2.35. The minimum atomic E-state index is -0.742. The highest BCUT2D eigenvalue weighted by Gasteiger charge is 2.21. The minimum Gasteiger partial charge on any atom is -0.388 e. The summed E-state index contributed by atoms with van der Waals surface area (Å²) < 4.78 is 0. The topological polar surface area (TPSA) is 84.1 Å². The monoisotopic (exact) mass is 224 g/mol. The van der Waals surface area contributed by atoms with E-state index < -0.39 is 5.60 Å². The van der Waals surface area contributed by atoms with E-state index in [9.17, 15) is 5.11 Å². The molecule has 0 amide bonds. The maximum absolute atomic E-state index is 10.1. The highest BCUT2D eigenvalue weighted by Crippen LogP contribution is 2.16. The van der Waals surface area contributed by atoms with Gasteiger partial charge in [0, 0.05) is 12.7 Å². The van der Waals surface area contributed by atoms with Gasteiger partial charge in [0.25, 0.3) is 0 Å². The van der Waals surface area contributed by atoms with E-state index in [1.165, 1.54) is 0 Å². The summed E-state index contributed by atoms with van der Waals surface area (Å²) >= 11 is 0. The van der Waals surface area contributed by atoms with Gasteiger partial charge in [-0.25, -0.2) is 4.98 Å². The number of hydrogen-bond acceptors (Lipinski definition) is 5. The van der Waals surface area contributed by atoms with Crippen molar-refractivity contribution >= 4 is 11.8 Å². The Morgan fingerprint density at radius 1 is 1.56 bits per heavy atom. The molecule has 0 fully saturated rings. The van der Waals surface area contributed by atoms with Crippen molar-refractivity contribution in [3.63, 3.8) is 0 Å². The fourth-order valence-electron chi connectivity index (χ4n) is 1.70. The first kappa shape index (κ1) is 12.7. The van der Waals surface area contributed by atoms with Crippen LogP contribution in [0.25, 0.3) is 0 Å². The molecule has 0 aromatic carbocycles. The summed E-state index contributed by atoms with van der Waals surface area (Å²) in [4.78, 5) is 7.80. The first-order valence-corrected chi connectivity index (χ1v) is 5.44. The molecule has 0 aliphatic rings. The molecule has 1 rings (SSSR count). The number of anilines is 2. The van der Waals surface area contributed by atoms with Gasteiger partial charge < -0.3 is 16.2 Å². The molecule has 1 atom stereocenters. The van der Waals surface area contributed by atoms with Gasteiger partial charge in [-0.05, 0) is 25.3 Å². The van der Waals surface area contributed by atoms with E-state index in [2.05, 4.69) is 29.1 Å². The third-order valence-corrected chi connectivity index (χ3v) is 2.17. The van der Waals surface area contributed by atoms with Crippen molar-refractivity contribution in [2.75, 3.05) is 17.6 Å². The molecule has 1 aromatic heterocycles. The second kappa shape index (κ2) is 5.12. The van der Waals surface area contributed by atoms with Crippen molar-refractivity contribution in [3.05, 3.63) is 12.3 Å². The van der Waals surface area contributed by atoms with Gasteiger partial charge in [-0.15, -0.1) is 0 Å². The van der Waals surface area contributed by atoms with E-state index in [1.54, 1.807) is 12.3 Å². The summed E-state index contributed by atoms with van der Waals surface area (Å²) in [5.41, 5.74) is 4.71. The van der Waals surface area contributed by atoms with Crippen LogP contribution >= 0.6 is 0 Å². The Labute approximate surface area is 96.1 Å². The first-order chi connectivity index (χ1) is 7.39. The first-order valence-electron chi connectivity index (χ1n) is 5.44. The predicted molar refractivity (Wildman–Crippen MR) is 65.0 cm³/mol. The zero-order chi connectivity index (χ0) is 12.2. The Morgan fingerprint density at radius 2 is 2.25 bits per heavy atom. The number of nitrogen functional groups attached to an aromatic ring is 1. The third kappa shape index (κ3) is 4.44. The van der Waals surface area contributed by atoms with Gasteiger partial charge in [-0.3, -0.25) is 0 Å². The maximum Gasteiger partial charge on any atom is 0.221 e. The van der Waals surface area contributed by atoms with Crippen LogP contribution in [-0.2, 0) is 0 Å². The Hall–Kier alpha value is -1.36. The van der Waals surface area contributed by atoms with Crippen molar-refractivity contribution < 1.29 is 5.11 Å². The molecule has 0 radical (unpaired) electrons. The molecule has 4 N–H and O–H groups in total. The number of aromatic nitrogens is 2. The van der Waals surface area contributed by atoms with Crippen LogP contribution in [0.4, 0.5) is 11.8 Å². The van der Waals surface area contributed by atoms with Crippen molar-refractivity contribution in [2.24, 2.45) is 5.92 Å². The lowest BCUT2D eigenvalue weighted by atomic mass is 9.94. The average Bonchev–Trinajstić information content (AvgIpc) is 2.13. The molecule has 16 heavy (non-hydrogen) atoms. The average molecular weight is 224 g/mol. The number of aliphatic hydroxyl groups is 1. The summed E-state index contributed by atoms with van der Waals surface area (Å²) in [6.45, 7) is 6.42. The van der Waals surface area contributed by atoms with Gasteiger partial charge in [-0.2, -0.15) is 4.98 Å². The molecule has 1 aromatic rings. The minimum absolute atomic E-state index is 0.230. The number of rotatable bonds is 5. The smallest absolute Gasteiger partial charge is 0.221 e.